The monoisotopic (exact) mass is 278 g/mol. The Morgan fingerprint density at radius 1 is 1.45 bits per heavy atom. The van der Waals surface area contributed by atoms with E-state index in [2.05, 4.69) is 10.1 Å². The topological polar surface area (TPSA) is 49.5 Å². The van der Waals surface area contributed by atoms with Gasteiger partial charge in [-0.25, -0.2) is 4.39 Å². The van der Waals surface area contributed by atoms with Gasteiger partial charge in [-0.3, -0.25) is 4.90 Å². The number of hydrogen-bond donors (Lipinski definition) is 1. The molecule has 1 unspecified atom stereocenters. The van der Waals surface area contributed by atoms with Crippen molar-refractivity contribution in [3.8, 4) is 0 Å². The molecule has 1 atom stereocenters. The molecule has 1 aliphatic heterocycles. The fourth-order valence-electron chi connectivity index (χ4n) is 2.95. The van der Waals surface area contributed by atoms with E-state index < -0.39 is 0 Å². The summed E-state index contributed by atoms with van der Waals surface area (Å²) in [6.45, 7) is 3.70. The molecule has 1 aromatic carbocycles. The fraction of sp³-hybridized carbons (Fsp3) is 0.533. The van der Waals surface area contributed by atoms with Crippen molar-refractivity contribution in [3.63, 3.8) is 0 Å². The minimum atomic E-state index is -0.348. The van der Waals surface area contributed by atoms with Crippen LogP contribution < -0.4 is 0 Å². The Labute approximate surface area is 117 Å². The van der Waals surface area contributed by atoms with Crippen molar-refractivity contribution in [2.24, 2.45) is 0 Å². The summed E-state index contributed by atoms with van der Waals surface area (Å²) in [7, 11) is 0. The highest BCUT2D eigenvalue weighted by Crippen LogP contribution is 2.33. The molecule has 0 spiro atoms. The molecule has 0 aliphatic carbocycles. The lowest BCUT2D eigenvalue weighted by Gasteiger charge is -2.34. The van der Waals surface area contributed by atoms with Crippen LogP contribution >= 0.6 is 0 Å². The predicted octanol–water partition coefficient (Wildman–Crippen LogP) is 2.87. The van der Waals surface area contributed by atoms with Gasteiger partial charge in [0.2, 0.25) is 0 Å². The standard InChI is InChI=1S/C15H19FN2O2/c1-2-14(19)18-7-5-10(6-8-18)15-12-4-3-11(16)9-13(12)20-17-15/h3-4,9-10,14,19H,2,5-8H2,1H3. The van der Waals surface area contributed by atoms with Crippen molar-refractivity contribution in [1.29, 1.82) is 0 Å². The summed E-state index contributed by atoms with van der Waals surface area (Å²) in [5, 5.41) is 14.9. The van der Waals surface area contributed by atoms with Crippen molar-refractivity contribution in [2.75, 3.05) is 13.1 Å². The fourth-order valence-corrected chi connectivity index (χ4v) is 2.95. The second kappa shape index (κ2) is 5.50. The van der Waals surface area contributed by atoms with Gasteiger partial charge in [0, 0.05) is 30.5 Å². The van der Waals surface area contributed by atoms with Gasteiger partial charge in [-0.05, 0) is 31.4 Å². The van der Waals surface area contributed by atoms with Crippen LogP contribution in [-0.4, -0.2) is 34.5 Å². The average Bonchev–Trinajstić information content (AvgIpc) is 2.89. The van der Waals surface area contributed by atoms with Crippen molar-refractivity contribution < 1.29 is 14.0 Å². The Bertz CT molecular complexity index is 591. The molecular formula is C15H19FN2O2. The van der Waals surface area contributed by atoms with E-state index in [1.54, 1.807) is 6.07 Å². The molecule has 2 aromatic rings. The molecule has 1 N–H and O–H groups in total. The van der Waals surface area contributed by atoms with E-state index in [1.807, 2.05) is 6.92 Å². The molecule has 1 saturated heterocycles. The highest BCUT2D eigenvalue weighted by molar-refractivity contribution is 5.79. The third-order valence-electron chi connectivity index (χ3n) is 4.16. The Hall–Kier alpha value is -1.46. The molecule has 4 nitrogen and oxygen atoms in total. The number of benzene rings is 1. The third-order valence-corrected chi connectivity index (χ3v) is 4.16. The number of likely N-dealkylation sites (tertiary alicyclic amines) is 1. The first-order valence-electron chi connectivity index (χ1n) is 7.16. The lowest BCUT2D eigenvalue weighted by atomic mass is 9.91. The summed E-state index contributed by atoms with van der Waals surface area (Å²) in [6, 6.07) is 4.56. The van der Waals surface area contributed by atoms with Crippen LogP contribution in [0.25, 0.3) is 11.0 Å². The molecule has 5 heteroatoms. The van der Waals surface area contributed by atoms with E-state index in [0.29, 0.717) is 11.5 Å². The summed E-state index contributed by atoms with van der Waals surface area (Å²) in [5.41, 5.74) is 1.43. The summed E-state index contributed by atoms with van der Waals surface area (Å²) in [5.74, 6) is 0.0168. The van der Waals surface area contributed by atoms with Gasteiger partial charge < -0.3 is 9.63 Å². The number of aromatic nitrogens is 1. The number of aliphatic hydroxyl groups is 1. The van der Waals surface area contributed by atoms with Gasteiger partial charge in [0.1, 0.15) is 12.0 Å². The Morgan fingerprint density at radius 2 is 2.20 bits per heavy atom. The normalized spacial score (nSPS) is 19.6. The van der Waals surface area contributed by atoms with E-state index >= 15 is 0 Å². The van der Waals surface area contributed by atoms with Gasteiger partial charge in [0.05, 0.1) is 5.69 Å². The van der Waals surface area contributed by atoms with Gasteiger partial charge in [-0.2, -0.15) is 0 Å². The zero-order valence-electron chi connectivity index (χ0n) is 11.6. The Morgan fingerprint density at radius 3 is 2.90 bits per heavy atom. The summed E-state index contributed by atoms with van der Waals surface area (Å²) in [4.78, 5) is 2.10. The molecule has 0 saturated carbocycles. The first kappa shape index (κ1) is 13.5. The number of halogens is 1. The van der Waals surface area contributed by atoms with Crippen LogP contribution in [0.1, 0.15) is 37.8 Å². The molecule has 20 heavy (non-hydrogen) atoms. The number of rotatable bonds is 3. The molecule has 108 valence electrons. The van der Waals surface area contributed by atoms with Crippen molar-refractivity contribution in [1.82, 2.24) is 10.1 Å². The molecule has 0 amide bonds. The van der Waals surface area contributed by atoms with Crippen LogP contribution in [0.4, 0.5) is 4.39 Å². The van der Waals surface area contributed by atoms with Crippen molar-refractivity contribution >= 4 is 11.0 Å². The Balaban J connectivity index is 1.77. The number of aliphatic hydroxyl groups excluding tert-OH is 1. The number of piperidine rings is 1. The predicted molar refractivity (Wildman–Crippen MR) is 73.8 cm³/mol. The number of hydrogen-bond acceptors (Lipinski definition) is 4. The molecule has 2 heterocycles. The van der Waals surface area contributed by atoms with Crippen LogP contribution in [0, 0.1) is 5.82 Å². The van der Waals surface area contributed by atoms with Crippen LogP contribution in [-0.2, 0) is 0 Å². The maximum absolute atomic E-state index is 13.1. The minimum absolute atomic E-state index is 0.305. The number of fused-ring (bicyclic) bond motifs is 1. The molecule has 1 aliphatic rings. The third kappa shape index (κ3) is 2.43. The summed E-state index contributed by atoms with van der Waals surface area (Å²) in [6.07, 6.45) is 2.28. The maximum atomic E-state index is 13.1. The molecular weight excluding hydrogens is 259 g/mol. The highest BCUT2D eigenvalue weighted by Gasteiger charge is 2.27. The van der Waals surface area contributed by atoms with Crippen molar-refractivity contribution in [2.45, 2.75) is 38.3 Å². The quantitative estimate of drug-likeness (QED) is 0.938. The lowest BCUT2D eigenvalue weighted by Crippen LogP contribution is -2.40. The average molecular weight is 278 g/mol. The lowest BCUT2D eigenvalue weighted by molar-refractivity contribution is -0.0134. The molecule has 1 aromatic heterocycles. The van der Waals surface area contributed by atoms with E-state index in [1.165, 1.54) is 12.1 Å². The van der Waals surface area contributed by atoms with Crippen LogP contribution in [0.5, 0.6) is 0 Å². The molecule has 0 bridgehead atoms. The second-order valence-electron chi connectivity index (χ2n) is 5.41. The maximum Gasteiger partial charge on any atom is 0.170 e. The van der Waals surface area contributed by atoms with Gasteiger partial charge in [-0.15, -0.1) is 0 Å². The van der Waals surface area contributed by atoms with E-state index in [4.69, 9.17) is 4.52 Å². The van der Waals surface area contributed by atoms with Gasteiger partial charge >= 0.3 is 0 Å². The largest absolute Gasteiger partial charge is 0.378 e. The summed E-state index contributed by atoms with van der Waals surface area (Å²) >= 11 is 0. The first-order valence-corrected chi connectivity index (χ1v) is 7.16. The summed E-state index contributed by atoms with van der Waals surface area (Å²) < 4.78 is 18.4. The molecule has 3 rings (SSSR count). The zero-order chi connectivity index (χ0) is 14.1. The molecule has 1 fully saturated rings. The van der Waals surface area contributed by atoms with Gasteiger partial charge in [0.25, 0.3) is 0 Å². The highest BCUT2D eigenvalue weighted by atomic mass is 19.1. The van der Waals surface area contributed by atoms with Gasteiger partial charge in [-0.1, -0.05) is 12.1 Å². The van der Waals surface area contributed by atoms with Gasteiger partial charge in [0.15, 0.2) is 5.58 Å². The van der Waals surface area contributed by atoms with E-state index in [0.717, 1.165) is 43.4 Å². The van der Waals surface area contributed by atoms with E-state index in [-0.39, 0.29) is 12.0 Å². The second-order valence-corrected chi connectivity index (χ2v) is 5.41. The molecule has 0 radical (unpaired) electrons. The van der Waals surface area contributed by atoms with Crippen LogP contribution in [0.3, 0.4) is 0 Å². The van der Waals surface area contributed by atoms with Crippen molar-refractivity contribution in [3.05, 3.63) is 29.7 Å². The zero-order valence-corrected chi connectivity index (χ0v) is 11.6. The van der Waals surface area contributed by atoms with Crippen LogP contribution in [0.15, 0.2) is 22.7 Å². The van der Waals surface area contributed by atoms with Crippen LogP contribution in [0.2, 0.25) is 0 Å². The smallest absolute Gasteiger partial charge is 0.170 e. The minimum Gasteiger partial charge on any atom is -0.378 e. The Kier molecular flexibility index (Phi) is 3.72. The SMILES string of the molecule is CCC(O)N1CCC(c2noc3cc(F)ccc23)CC1. The number of nitrogens with zero attached hydrogens (tertiary/aromatic N) is 2. The first-order chi connectivity index (χ1) is 9.69. The van der Waals surface area contributed by atoms with E-state index in [9.17, 15) is 9.50 Å².